The van der Waals surface area contributed by atoms with Crippen molar-refractivity contribution in [1.29, 1.82) is 0 Å². The molecular formula is C4H5FOS. The largest absolute Gasteiger partial charge is 0.284 e. The van der Waals surface area contributed by atoms with E-state index in [1.165, 1.54) is 0 Å². The highest BCUT2D eigenvalue weighted by molar-refractivity contribution is 8.14. The van der Waals surface area contributed by atoms with Crippen molar-refractivity contribution in [3.05, 3.63) is 0 Å². The molecule has 0 bridgehead atoms. The average molecular weight is 120 g/mol. The first-order valence-electron chi connectivity index (χ1n) is 2.11. The van der Waals surface area contributed by atoms with Crippen LogP contribution in [0, 0.1) is 0 Å². The quantitative estimate of drug-likeness (QED) is 0.474. The van der Waals surface area contributed by atoms with Crippen LogP contribution in [-0.4, -0.2) is 17.0 Å². The van der Waals surface area contributed by atoms with Gasteiger partial charge in [0.05, 0.1) is 0 Å². The molecular weight excluding hydrogens is 115 g/mol. The van der Waals surface area contributed by atoms with E-state index in [1.54, 1.807) is 0 Å². The lowest BCUT2D eigenvalue weighted by molar-refractivity contribution is -0.114. The van der Waals surface area contributed by atoms with E-state index in [9.17, 15) is 9.18 Å². The molecule has 1 unspecified atom stereocenters. The molecule has 0 aromatic rings. The van der Waals surface area contributed by atoms with Crippen LogP contribution in [0.5, 0.6) is 0 Å². The van der Waals surface area contributed by atoms with Gasteiger partial charge in [-0.1, -0.05) is 11.8 Å². The average Bonchev–Trinajstić information content (AvgIpc) is 1.91. The maximum Gasteiger partial charge on any atom is 0.223 e. The maximum atomic E-state index is 11.9. The summed E-state index contributed by atoms with van der Waals surface area (Å²) in [6.45, 7) is 0. The summed E-state index contributed by atoms with van der Waals surface area (Å²) in [4.78, 5) is 10.2. The number of carbonyl (C=O) groups excluding carboxylic acids is 1. The van der Waals surface area contributed by atoms with Gasteiger partial charge in [-0.2, -0.15) is 0 Å². The molecule has 0 radical (unpaired) electrons. The second-order valence-corrected chi connectivity index (χ2v) is 2.52. The fraction of sp³-hybridized carbons (Fsp3) is 0.750. The van der Waals surface area contributed by atoms with Gasteiger partial charge >= 0.3 is 0 Å². The molecule has 1 nitrogen and oxygen atoms in total. The van der Waals surface area contributed by atoms with Gasteiger partial charge in [0.15, 0.2) is 6.17 Å². The summed E-state index contributed by atoms with van der Waals surface area (Å²) in [7, 11) is 0. The molecule has 1 fully saturated rings. The van der Waals surface area contributed by atoms with E-state index in [4.69, 9.17) is 0 Å². The van der Waals surface area contributed by atoms with Crippen molar-refractivity contribution in [2.45, 2.75) is 12.6 Å². The number of rotatable bonds is 0. The van der Waals surface area contributed by atoms with Crippen LogP contribution < -0.4 is 0 Å². The molecule has 0 N–H and O–H groups in total. The minimum atomic E-state index is -1.16. The predicted octanol–water partition coefficient (Wildman–Crippen LogP) is 0.988. The van der Waals surface area contributed by atoms with Gasteiger partial charge < -0.3 is 0 Å². The fourth-order valence-corrected chi connectivity index (χ4v) is 1.30. The van der Waals surface area contributed by atoms with Crippen LogP contribution in [0.4, 0.5) is 4.39 Å². The van der Waals surface area contributed by atoms with Gasteiger partial charge in [0, 0.05) is 5.75 Å². The molecule has 1 atom stereocenters. The van der Waals surface area contributed by atoms with Gasteiger partial charge in [-0.3, -0.25) is 4.79 Å². The maximum absolute atomic E-state index is 11.9. The van der Waals surface area contributed by atoms with Crippen molar-refractivity contribution >= 4 is 16.9 Å². The molecule has 1 rings (SSSR count). The van der Waals surface area contributed by atoms with Gasteiger partial charge in [-0.25, -0.2) is 4.39 Å². The van der Waals surface area contributed by atoms with Crippen LogP contribution in [0.2, 0.25) is 0 Å². The third kappa shape index (κ3) is 0.938. The van der Waals surface area contributed by atoms with Crippen LogP contribution in [0.3, 0.4) is 0 Å². The Hall–Kier alpha value is -0.0500. The van der Waals surface area contributed by atoms with Gasteiger partial charge in [0.1, 0.15) is 0 Å². The predicted molar refractivity (Wildman–Crippen MR) is 27.0 cm³/mol. The van der Waals surface area contributed by atoms with Crippen LogP contribution in [0.25, 0.3) is 0 Å². The summed E-state index contributed by atoms with van der Waals surface area (Å²) in [6.07, 6.45) is -0.742. The summed E-state index contributed by atoms with van der Waals surface area (Å²) >= 11 is 1.09. The molecule has 7 heavy (non-hydrogen) atoms. The highest BCUT2D eigenvalue weighted by Crippen LogP contribution is 2.21. The lowest BCUT2D eigenvalue weighted by atomic mass is 10.3. The Labute approximate surface area is 45.3 Å². The molecule has 0 aromatic heterocycles. The smallest absolute Gasteiger partial charge is 0.223 e. The van der Waals surface area contributed by atoms with Gasteiger partial charge in [0.2, 0.25) is 5.12 Å². The van der Waals surface area contributed by atoms with E-state index in [0.29, 0.717) is 12.2 Å². The lowest BCUT2D eigenvalue weighted by Crippen LogP contribution is -2.01. The number of hydrogen-bond acceptors (Lipinski definition) is 2. The summed E-state index contributed by atoms with van der Waals surface area (Å²) in [5.41, 5.74) is 0. The van der Waals surface area contributed by atoms with Crippen molar-refractivity contribution in [3.63, 3.8) is 0 Å². The highest BCUT2D eigenvalue weighted by Gasteiger charge is 2.23. The Morgan fingerprint density at radius 1 is 1.86 bits per heavy atom. The van der Waals surface area contributed by atoms with Crippen LogP contribution in [0.15, 0.2) is 0 Å². The third-order valence-corrected chi connectivity index (χ3v) is 1.85. The van der Waals surface area contributed by atoms with Gasteiger partial charge in [-0.05, 0) is 6.42 Å². The Bertz CT molecular complexity index is 93.7. The zero-order chi connectivity index (χ0) is 5.28. The first-order valence-corrected chi connectivity index (χ1v) is 3.10. The number of halogens is 1. The zero-order valence-corrected chi connectivity index (χ0v) is 4.50. The van der Waals surface area contributed by atoms with Crippen molar-refractivity contribution in [3.8, 4) is 0 Å². The minimum Gasteiger partial charge on any atom is -0.284 e. The first kappa shape index (κ1) is 5.09. The molecule has 0 saturated carbocycles. The Morgan fingerprint density at radius 3 is 2.71 bits per heavy atom. The number of alkyl halides is 1. The van der Waals surface area contributed by atoms with E-state index < -0.39 is 6.17 Å². The number of thioether (sulfide) groups is 1. The molecule has 1 saturated heterocycles. The molecule has 0 amide bonds. The van der Waals surface area contributed by atoms with E-state index in [-0.39, 0.29) is 5.12 Å². The lowest BCUT2D eigenvalue weighted by Gasteiger charge is -1.85. The Balaban J connectivity index is 2.48. The number of hydrogen-bond donors (Lipinski definition) is 0. The molecule has 0 aliphatic carbocycles. The summed E-state index contributed by atoms with van der Waals surface area (Å²) < 4.78 is 11.9. The monoisotopic (exact) mass is 120 g/mol. The van der Waals surface area contributed by atoms with Crippen molar-refractivity contribution < 1.29 is 9.18 Å². The molecule has 40 valence electrons. The zero-order valence-electron chi connectivity index (χ0n) is 3.69. The second kappa shape index (κ2) is 1.82. The van der Waals surface area contributed by atoms with Gasteiger partial charge in [-0.15, -0.1) is 0 Å². The summed E-state index contributed by atoms with van der Waals surface area (Å²) in [5.74, 6) is 0.667. The molecule has 1 aliphatic rings. The van der Waals surface area contributed by atoms with Crippen molar-refractivity contribution in [1.82, 2.24) is 0 Å². The molecule has 0 spiro atoms. The van der Waals surface area contributed by atoms with Crippen LogP contribution >= 0.6 is 11.8 Å². The summed E-state index contributed by atoms with van der Waals surface area (Å²) in [6, 6.07) is 0. The Kier molecular flexibility index (Phi) is 1.32. The van der Waals surface area contributed by atoms with Gasteiger partial charge in [0.25, 0.3) is 0 Å². The van der Waals surface area contributed by atoms with Crippen molar-refractivity contribution in [2.75, 3.05) is 5.75 Å². The highest BCUT2D eigenvalue weighted by atomic mass is 32.2. The van der Waals surface area contributed by atoms with Crippen LogP contribution in [-0.2, 0) is 4.79 Å². The van der Waals surface area contributed by atoms with E-state index in [0.717, 1.165) is 11.8 Å². The van der Waals surface area contributed by atoms with E-state index in [1.807, 2.05) is 0 Å². The SMILES string of the molecule is O=C1SCCC1F. The topological polar surface area (TPSA) is 17.1 Å². The number of carbonyl (C=O) groups is 1. The minimum absolute atomic E-state index is 0.292. The molecule has 0 aromatic carbocycles. The first-order chi connectivity index (χ1) is 3.30. The molecule has 3 heteroatoms. The van der Waals surface area contributed by atoms with E-state index in [2.05, 4.69) is 0 Å². The molecule has 1 heterocycles. The van der Waals surface area contributed by atoms with Crippen LogP contribution in [0.1, 0.15) is 6.42 Å². The Morgan fingerprint density at radius 2 is 2.57 bits per heavy atom. The fourth-order valence-electron chi connectivity index (χ4n) is 0.471. The molecule has 1 aliphatic heterocycles. The van der Waals surface area contributed by atoms with Crippen molar-refractivity contribution in [2.24, 2.45) is 0 Å². The standard InChI is InChI=1S/C4H5FOS/c5-3-1-2-7-4(3)6/h3H,1-2H2. The second-order valence-electron chi connectivity index (χ2n) is 1.42. The summed E-state index contributed by atoms with van der Waals surface area (Å²) in [5, 5.41) is -0.292. The van der Waals surface area contributed by atoms with E-state index >= 15 is 0 Å². The normalized spacial score (nSPS) is 31.6. The third-order valence-electron chi connectivity index (χ3n) is 0.871.